The molecule has 1 heterocycles. The summed E-state index contributed by atoms with van der Waals surface area (Å²) < 4.78 is 6.94. The first kappa shape index (κ1) is 15.7. The van der Waals surface area contributed by atoms with Crippen LogP contribution >= 0.6 is 0 Å². The lowest BCUT2D eigenvalue weighted by atomic mass is 10.1. The fraction of sp³-hybridized carbons (Fsp3) is 0.100. The molecule has 1 aromatic heterocycles. The quantitative estimate of drug-likeness (QED) is 0.512. The van der Waals surface area contributed by atoms with Gasteiger partial charge in [-0.15, -0.1) is 0 Å². The lowest BCUT2D eigenvalue weighted by Crippen LogP contribution is -1.99. The number of aromatic nitrogens is 2. The third-order valence-electron chi connectivity index (χ3n) is 3.64. The van der Waals surface area contributed by atoms with Gasteiger partial charge in [0.25, 0.3) is 0 Å². The minimum Gasteiger partial charge on any atom is -0.497 e. The van der Waals surface area contributed by atoms with Crippen molar-refractivity contribution in [2.24, 2.45) is 0 Å². The van der Waals surface area contributed by atoms with Gasteiger partial charge in [0.05, 0.1) is 19.9 Å². The summed E-state index contributed by atoms with van der Waals surface area (Å²) >= 11 is 0. The van der Waals surface area contributed by atoms with Crippen LogP contribution in [0.5, 0.6) is 5.75 Å². The van der Waals surface area contributed by atoms with Crippen molar-refractivity contribution >= 4 is 11.9 Å². The van der Waals surface area contributed by atoms with Gasteiger partial charge in [-0.2, -0.15) is 5.10 Å². The maximum atomic E-state index is 12.2. The first-order valence-electron chi connectivity index (χ1n) is 7.67. The smallest absolute Gasteiger partial charge is 0.185 e. The topological polar surface area (TPSA) is 44.1 Å². The molecule has 4 nitrogen and oxygen atoms in total. The Kier molecular flexibility index (Phi) is 4.87. The summed E-state index contributed by atoms with van der Waals surface area (Å²) in [6.45, 7) is 0.709. The van der Waals surface area contributed by atoms with Crippen molar-refractivity contribution in [1.82, 2.24) is 9.78 Å². The second-order valence-corrected chi connectivity index (χ2v) is 5.38. The Labute approximate surface area is 141 Å². The third-order valence-corrected chi connectivity index (χ3v) is 3.64. The molecule has 0 aliphatic rings. The summed E-state index contributed by atoms with van der Waals surface area (Å²) in [4.78, 5) is 12.2. The monoisotopic (exact) mass is 318 g/mol. The molecule has 0 saturated heterocycles. The average Bonchev–Trinajstić information content (AvgIpc) is 3.08. The van der Waals surface area contributed by atoms with Crippen molar-refractivity contribution in [1.29, 1.82) is 0 Å². The van der Waals surface area contributed by atoms with E-state index in [0.717, 1.165) is 11.3 Å². The molecule has 0 radical (unpaired) electrons. The molecule has 24 heavy (non-hydrogen) atoms. The van der Waals surface area contributed by atoms with Crippen LogP contribution in [0.15, 0.2) is 73.1 Å². The van der Waals surface area contributed by atoms with E-state index in [1.54, 1.807) is 49.7 Å². The van der Waals surface area contributed by atoms with E-state index in [1.165, 1.54) is 5.56 Å². The van der Waals surface area contributed by atoms with Crippen LogP contribution in [0, 0.1) is 0 Å². The zero-order chi connectivity index (χ0) is 16.8. The number of rotatable bonds is 6. The molecule has 0 unspecified atom stereocenters. The zero-order valence-corrected chi connectivity index (χ0v) is 13.4. The molecule has 4 heteroatoms. The van der Waals surface area contributed by atoms with Gasteiger partial charge in [0, 0.05) is 17.3 Å². The van der Waals surface area contributed by atoms with Crippen LogP contribution in [-0.2, 0) is 6.54 Å². The second kappa shape index (κ2) is 7.42. The molecule has 0 atom stereocenters. The predicted molar refractivity (Wildman–Crippen MR) is 94.1 cm³/mol. The normalized spacial score (nSPS) is 10.9. The molecule has 0 saturated carbocycles. The molecule has 3 aromatic rings. The second-order valence-electron chi connectivity index (χ2n) is 5.38. The van der Waals surface area contributed by atoms with Crippen LogP contribution in [0.1, 0.15) is 21.5 Å². The Morgan fingerprint density at radius 2 is 1.88 bits per heavy atom. The van der Waals surface area contributed by atoms with E-state index in [0.29, 0.717) is 12.1 Å². The molecule has 0 amide bonds. The van der Waals surface area contributed by atoms with Crippen molar-refractivity contribution in [2.45, 2.75) is 6.54 Å². The van der Waals surface area contributed by atoms with Gasteiger partial charge in [0.1, 0.15) is 5.75 Å². The Balaban J connectivity index is 1.65. The van der Waals surface area contributed by atoms with Gasteiger partial charge in [-0.25, -0.2) is 0 Å². The minimum absolute atomic E-state index is 0.0477. The highest BCUT2D eigenvalue weighted by atomic mass is 16.5. The first-order valence-corrected chi connectivity index (χ1v) is 7.67. The average molecular weight is 318 g/mol. The summed E-state index contributed by atoms with van der Waals surface area (Å²) in [6, 6.07) is 17.2. The standard InChI is InChI=1S/C20H18N2O2/c1-24-19-10-8-18(9-11-19)20(23)12-7-17-13-21-22(15-17)14-16-5-3-2-4-6-16/h2-13,15H,14H2,1H3. The Bertz CT molecular complexity index is 834. The maximum absolute atomic E-state index is 12.2. The van der Waals surface area contributed by atoms with Gasteiger partial charge < -0.3 is 4.74 Å². The predicted octanol–water partition coefficient (Wildman–Crippen LogP) is 3.84. The minimum atomic E-state index is -0.0477. The van der Waals surface area contributed by atoms with Gasteiger partial charge in [-0.1, -0.05) is 30.3 Å². The molecule has 2 aromatic carbocycles. The number of methoxy groups -OCH3 is 1. The lowest BCUT2D eigenvalue weighted by molar-refractivity contribution is 0.104. The Morgan fingerprint density at radius 1 is 1.12 bits per heavy atom. The highest BCUT2D eigenvalue weighted by Crippen LogP contribution is 2.13. The summed E-state index contributed by atoms with van der Waals surface area (Å²) in [6.07, 6.45) is 7.01. The summed E-state index contributed by atoms with van der Waals surface area (Å²) in [5.74, 6) is 0.686. The lowest BCUT2D eigenvalue weighted by Gasteiger charge is -2.00. The van der Waals surface area contributed by atoms with Crippen LogP contribution in [0.25, 0.3) is 6.08 Å². The number of nitrogens with zero attached hydrogens (tertiary/aromatic N) is 2. The zero-order valence-electron chi connectivity index (χ0n) is 13.4. The van der Waals surface area contributed by atoms with Crippen LogP contribution in [0.4, 0.5) is 0 Å². The highest BCUT2D eigenvalue weighted by molar-refractivity contribution is 6.06. The summed E-state index contributed by atoms with van der Waals surface area (Å²) in [7, 11) is 1.60. The third kappa shape index (κ3) is 3.98. The summed E-state index contributed by atoms with van der Waals surface area (Å²) in [5, 5.41) is 4.32. The molecule has 0 N–H and O–H groups in total. The van der Waals surface area contributed by atoms with Crippen molar-refractivity contribution in [3.05, 3.63) is 89.8 Å². The molecule has 0 fully saturated rings. The van der Waals surface area contributed by atoms with Crippen molar-refractivity contribution in [3.8, 4) is 5.75 Å². The van der Waals surface area contributed by atoms with Gasteiger partial charge >= 0.3 is 0 Å². The van der Waals surface area contributed by atoms with Gasteiger partial charge in [0.15, 0.2) is 5.78 Å². The van der Waals surface area contributed by atoms with Crippen molar-refractivity contribution < 1.29 is 9.53 Å². The van der Waals surface area contributed by atoms with Crippen LogP contribution in [0.3, 0.4) is 0 Å². The molecule has 120 valence electrons. The fourth-order valence-electron chi connectivity index (χ4n) is 2.35. The van der Waals surface area contributed by atoms with Crippen LogP contribution in [0.2, 0.25) is 0 Å². The Hall–Kier alpha value is -3.14. The molecular weight excluding hydrogens is 300 g/mol. The molecule has 3 rings (SSSR count). The van der Waals surface area contributed by atoms with Crippen molar-refractivity contribution in [3.63, 3.8) is 0 Å². The molecule has 0 aliphatic carbocycles. The van der Waals surface area contributed by atoms with E-state index >= 15 is 0 Å². The van der Waals surface area contributed by atoms with Gasteiger partial charge in [0.2, 0.25) is 0 Å². The van der Waals surface area contributed by atoms with E-state index in [1.807, 2.05) is 29.1 Å². The number of allylic oxidation sites excluding steroid dienone is 1. The number of ether oxygens (including phenoxy) is 1. The van der Waals surface area contributed by atoms with Gasteiger partial charge in [-0.3, -0.25) is 9.48 Å². The van der Waals surface area contributed by atoms with Crippen LogP contribution in [-0.4, -0.2) is 22.7 Å². The van der Waals surface area contributed by atoms with Gasteiger partial charge in [-0.05, 0) is 42.0 Å². The van der Waals surface area contributed by atoms with E-state index in [4.69, 9.17) is 4.74 Å². The first-order chi connectivity index (χ1) is 11.7. The number of carbonyl (C=O) groups excluding carboxylic acids is 1. The molecule has 0 aliphatic heterocycles. The fourth-order valence-corrected chi connectivity index (χ4v) is 2.35. The number of benzene rings is 2. The number of ketones is 1. The number of hydrogen-bond acceptors (Lipinski definition) is 3. The SMILES string of the molecule is COc1ccc(C(=O)C=Cc2cnn(Cc3ccccc3)c2)cc1. The number of carbonyl (C=O) groups is 1. The molecular formula is C20H18N2O2. The largest absolute Gasteiger partial charge is 0.497 e. The molecule has 0 spiro atoms. The van der Waals surface area contributed by atoms with Crippen LogP contribution < -0.4 is 4.74 Å². The van der Waals surface area contributed by atoms with E-state index < -0.39 is 0 Å². The maximum Gasteiger partial charge on any atom is 0.185 e. The van der Waals surface area contributed by atoms with E-state index in [9.17, 15) is 4.79 Å². The molecule has 0 bridgehead atoms. The summed E-state index contributed by atoms with van der Waals surface area (Å²) in [5.41, 5.74) is 2.71. The Morgan fingerprint density at radius 3 is 2.58 bits per heavy atom. The highest BCUT2D eigenvalue weighted by Gasteiger charge is 2.03. The van der Waals surface area contributed by atoms with E-state index in [2.05, 4.69) is 17.2 Å². The van der Waals surface area contributed by atoms with E-state index in [-0.39, 0.29) is 5.78 Å². The van der Waals surface area contributed by atoms with Crippen molar-refractivity contribution in [2.75, 3.05) is 7.11 Å². The number of hydrogen-bond donors (Lipinski definition) is 0.